The number of carbonyl (C=O) groups excluding carboxylic acids is 1. The molecule has 0 bridgehead atoms. The van der Waals surface area contributed by atoms with Gasteiger partial charge in [-0.1, -0.05) is 0 Å². The van der Waals surface area contributed by atoms with E-state index in [4.69, 9.17) is 10.6 Å². The summed E-state index contributed by atoms with van der Waals surface area (Å²) in [6.07, 6.45) is 0.346. The van der Waals surface area contributed by atoms with Gasteiger partial charge in [-0.2, -0.15) is 0 Å². The Morgan fingerprint density at radius 2 is 2.00 bits per heavy atom. The number of hydrogen-bond acceptors (Lipinski definition) is 4. The SMILES string of the molecule is CC1CN(C(C)C(=O)NN)CC(C)O1. The molecule has 0 aromatic heterocycles. The first kappa shape index (κ1) is 11.4. The highest BCUT2D eigenvalue weighted by molar-refractivity contribution is 5.80. The number of carbonyl (C=O) groups is 1. The minimum Gasteiger partial charge on any atom is -0.373 e. The molecule has 0 radical (unpaired) electrons. The van der Waals surface area contributed by atoms with Gasteiger partial charge in [0.25, 0.3) is 5.91 Å². The molecule has 0 aromatic carbocycles. The number of nitrogens with two attached hydrogens (primary N) is 1. The Morgan fingerprint density at radius 1 is 1.50 bits per heavy atom. The third-order valence-electron chi connectivity index (χ3n) is 2.52. The molecule has 5 nitrogen and oxygen atoms in total. The van der Waals surface area contributed by atoms with Crippen LogP contribution in [0.3, 0.4) is 0 Å². The zero-order valence-electron chi connectivity index (χ0n) is 8.99. The van der Waals surface area contributed by atoms with Gasteiger partial charge in [0, 0.05) is 13.1 Å². The number of hydrogen-bond donors (Lipinski definition) is 2. The van der Waals surface area contributed by atoms with Crippen molar-refractivity contribution >= 4 is 5.91 Å². The van der Waals surface area contributed by atoms with Crippen LogP contribution >= 0.6 is 0 Å². The number of ether oxygens (including phenoxy) is 1. The lowest BCUT2D eigenvalue weighted by atomic mass is 10.1. The highest BCUT2D eigenvalue weighted by atomic mass is 16.5. The summed E-state index contributed by atoms with van der Waals surface area (Å²) in [5.74, 6) is 4.94. The van der Waals surface area contributed by atoms with E-state index in [0.29, 0.717) is 0 Å². The number of hydrazine groups is 1. The Labute approximate surface area is 84.5 Å². The molecule has 1 heterocycles. The van der Waals surface area contributed by atoms with Crippen LogP contribution in [0, 0.1) is 0 Å². The zero-order valence-corrected chi connectivity index (χ0v) is 8.99. The summed E-state index contributed by atoms with van der Waals surface area (Å²) in [7, 11) is 0. The summed E-state index contributed by atoms with van der Waals surface area (Å²) in [5.41, 5.74) is 2.17. The highest BCUT2D eigenvalue weighted by Crippen LogP contribution is 2.13. The Kier molecular flexibility index (Phi) is 3.86. The molecule has 0 saturated carbocycles. The largest absolute Gasteiger partial charge is 0.373 e. The maximum absolute atomic E-state index is 11.3. The number of nitrogens with zero attached hydrogens (tertiary/aromatic N) is 1. The Balaban J connectivity index is 2.54. The molecule has 1 saturated heterocycles. The Bertz CT molecular complexity index is 200. The summed E-state index contributed by atoms with van der Waals surface area (Å²) < 4.78 is 5.58. The standard InChI is InChI=1S/C9H19N3O2/c1-6-4-12(5-7(2)14-6)8(3)9(13)11-10/h6-8H,4-5,10H2,1-3H3,(H,11,13). The van der Waals surface area contributed by atoms with Gasteiger partial charge >= 0.3 is 0 Å². The highest BCUT2D eigenvalue weighted by Gasteiger charge is 2.28. The quantitative estimate of drug-likeness (QED) is 0.358. The number of nitrogens with one attached hydrogen (secondary N) is 1. The van der Waals surface area contributed by atoms with Crippen LogP contribution in [0.15, 0.2) is 0 Å². The monoisotopic (exact) mass is 201 g/mol. The molecule has 1 aliphatic rings. The predicted molar refractivity (Wildman–Crippen MR) is 53.4 cm³/mol. The van der Waals surface area contributed by atoms with Gasteiger partial charge in [-0.05, 0) is 20.8 Å². The summed E-state index contributed by atoms with van der Waals surface area (Å²) in [4.78, 5) is 13.4. The maximum Gasteiger partial charge on any atom is 0.250 e. The van der Waals surface area contributed by atoms with Gasteiger partial charge in [0.2, 0.25) is 0 Å². The predicted octanol–water partition coefficient (Wildman–Crippen LogP) is -0.526. The van der Waals surface area contributed by atoms with Gasteiger partial charge in [-0.15, -0.1) is 0 Å². The van der Waals surface area contributed by atoms with Crippen molar-refractivity contribution in [2.45, 2.75) is 39.0 Å². The summed E-state index contributed by atoms with van der Waals surface area (Å²) in [6, 6.07) is -0.186. The van der Waals surface area contributed by atoms with Crippen LogP contribution in [0.1, 0.15) is 20.8 Å². The average Bonchev–Trinajstić information content (AvgIpc) is 2.14. The van der Waals surface area contributed by atoms with E-state index in [9.17, 15) is 4.79 Å². The van der Waals surface area contributed by atoms with Crippen molar-refractivity contribution in [3.05, 3.63) is 0 Å². The average molecular weight is 201 g/mol. The van der Waals surface area contributed by atoms with Crippen molar-refractivity contribution in [1.29, 1.82) is 0 Å². The zero-order chi connectivity index (χ0) is 10.7. The van der Waals surface area contributed by atoms with Gasteiger partial charge in [0.15, 0.2) is 0 Å². The topological polar surface area (TPSA) is 67.6 Å². The van der Waals surface area contributed by atoms with Gasteiger partial charge in [0.05, 0.1) is 18.2 Å². The molecule has 82 valence electrons. The lowest BCUT2D eigenvalue weighted by Crippen LogP contribution is -2.54. The first-order valence-corrected chi connectivity index (χ1v) is 4.94. The van der Waals surface area contributed by atoms with Crippen LogP contribution in [0.5, 0.6) is 0 Å². The normalized spacial score (nSPS) is 31.1. The summed E-state index contributed by atoms with van der Waals surface area (Å²) in [6.45, 7) is 7.43. The molecule has 3 atom stereocenters. The van der Waals surface area contributed by atoms with E-state index in [1.807, 2.05) is 20.8 Å². The minimum absolute atomic E-state index is 0.147. The minimum atomic E-state index is -0.186. The van der Waals surface area contributed by atoms with Crippen LogP contribution in [0.25, 0.3) is 0 Å². The smallest absolute Gasteiger partial charge is 0.250 e. The van der Waals surface area contributed by atoms with Crippen molar-refractivity contribution in [2.75, 3.05) is 13.1 Å². The molecule has 3 unspecified atom stereocenters. The molecule has 1 aliphatic heterocycles. The third-order valence-corrected chi connectivity index (χ3v) is 2.52. The van der Waals surface area contributed by atoms with Crippen molar-refractivity contribution in [2.24, 2.45) is 5.84 Å². The Morgan fingerprint density at radius 3 is 2.43 bits per heavy atom. The fraction of sp³-hybridized carbons (Fsp3) is 0.889. The van der Waals surface area contributed by atoms with Crippen LogP contribution in [0.4, 0.5) is 0 Å². The molecular weight excluding hydrogens is 182 g/mol. The molecule has 0 aliphatic carbocycles. The maximum atomic E-state index is 11.3. The van der Waals surface area contributed by atoms with Crippen molar-refractivity contribution in [3.8, 4) is 0 Å². The van der Waals surface area contributed by atoms with E-state index in [2.05, 4.69) is 10.3 Å². The molecule has 3 N–H and O–H groups in total. The fourth-order valence-corrected chi connectivity index (χ4v) is 1.82. The van der Waals surface area contributed by atoms with Crippen LogP contribution in [0.2, 0.25) is 0 Å². The number of rotatable bonds is 2. The van der Waals surface area contributed by atoms with Gasteiger partial charge in [-0.25, -0.2) is 5.84 Å². The third kappa shape index (κ3) is 2.67. The summed E-state index contributed by atoms with van der Waals surface area (Å²) >= 11 is 0. The molecule has 0 aromatic rings. The van der Waals surface area contributed by atoms with Crippen molar-refractivity contribution in [1.82, 2.24) is 10.3 Å². The van der Waals surface area contributed by atoms with Crippen molar-refractivity contribution in [3.63, 3.8) is 0 Å². The lowest BCUT2D eigenvalue weighted by Gasteiger charge is -2.37. The van der Waals surface area contributed by atoms with E-state index in [1.165, 1.54) is 0 Å². The number of amides is 1. The van der Waals surface area contributed by atoms with E-state index in [-0.39, 0.29) is 24.2 Å². The van der Waals surface area contributed by atoms with Gasteiger partial charge in [0.1, 0.15) is 0 Å². The van der Waals surface area contributed by atoms with Crippen LogP contribution in [-0.4, -0.2) is 42.1 Å². The fourth-order valence-electron chi connectivity index (χ4n) is 1.82. The molecule has 1 fully saturated rings. The molecule has 0 spiro atoms. The molecule has 1 amide bonds. The van der Waals surface area contributed by atoms with Crippen molar-refractivity contribution < 1.29 is 9.53 Å². The van der Waals surface area contributed by atoms with Crippen LogP contribution in [-0.2, 0) is 9.53 Å². The molecule has 14 heavy (non-hydrogen) atoms. The second-order valence-electron chi connectivity index (χ2n) is 3.90. The van der Waals surface area contributed by atoms with E-state index in [0.717, 1.165) is 13.1 Å². The van der Waals surface area contributed by atoms with Gasteiger partial charge in [-0.3, -0.25) is 15.1 Å². The van der Waals surface area contributed by atoms with Crippen LogP contribution < -0.4 is 11.3 Å². The lowest BCUT2D eigenvalue weighted by molar-refractivity contribution is -0.131. The summed E-state index contributed by atoms with van der Waals surface area (Å²) in [5, 5.41) is 0. The van der Waals surface area contributed by atoms with Gasteiger partial charge < -0.3 is 4.74 Å². The first-order valence-electron chi connectivity index (χ1n) is 4.94. The second-order valence-corrected chi connectivity index (χ2v) is 3.90. The Hall–Kier alpha value is -0.650. The molecule has 5 heteroatoms. The second kappa shape index (κ2) is 4.72. The number of morpholine rings is 1. The van der Waals surface area contributed by atoms with E-state index < -0.39 is 0 Å². The van der Waals surface area contributed by atoms with E-state index >= 15 is 0 Å². The molecular formula is C9H19N3O2. The molecule has 1 rings (SSSR count). The first-order chi connectivity index (χ1) is 6.54. The van der Waals surface area contributed by atoms with E-state index in [1.54, 1.807) is 0 Å².